The van der Waals surface area contributed by atoms with E-state index < -0.39 is 0 Å². The van der Waals surface area contributed by atoms with Crippen LogP contribution >= 0.6 is 11.3 Å². The first-order valence-electron chi connectivity index (χ1n) is 6.73. The second-order valence-electron chi connectivity index (χ2n) is 4.32. The standard InChI is InChI=1S/C16H15N3OS/c1-2-17-16-19(18-11-13-7-4-3-5-8-13)14(12-21-16)15-9-6-10-20-15/h3-12H,2H2,1H3. The van der Waals surface area contributed by atoms with Gasteiger partial charge in [-0.2, -0.15) is 5.10 Å². The quantitative estimate of drug-likeness (QED) is 0.678. The van der Waals surface area contributed by atoms with Crippen molar-refractivity contribution in [2.75, 3.05) is 6.54 Å². The molecule has 0 saturated heterocycles. The van der Waals surface area contributed by atoms with Gasteiger partial charge in [0.1, 0.15) is 5.69 Å². The Morgan fingerprint density at radius 1 is 1.19 bits per heavy atom. The van der Waals surface area contributed by atoms with Gasteiger partial charge in [0.15, 0.2) is 5.76 Å². The molecule has 0 aliphatic heterocycles. The van der Waals surface area contributed by atoms with Crippen LogP contribution < -0.4 is 4.80 Å². The van der Waals surface area contributed by atoms with Crippen LogP contribution in [0.1, 0.15) is 12.5 Å². The van der Waals surface area contributed by atoms with E-state index in [1.54, 1.807) is 17.6 Å². The van der Waals surface area contributed by atoms with E-state index in [1.807, 2.05) is 65.7 Å². The molecule has 0 radical (unpaired) electrons. The SMILES string of the molecule is CCN=c1scc(-c2ccco2)n1N=Cc1ccccc1. The zero-order chi connectivity index (χ0) is 14.5. The summed E-state index contributed by atoms with van der Waals surface area (Å²) in [5.41, 5.74) is 1.95. The Morgan fingerprint density at radius 2 is 2.05 bits per heavy atom. The van der Waals surface area contributed by atoms with Gasteiger partial charge in [-0.05, 0) is 24.6 Å². The molecule has 0 saturated carbocycles. The van der Waals surface area contributed by atoms with E-state index in [9.17, 15) is 0 Å². The topological polar surface area (TPSA) is 42.8 Å². The van der Waals surface area contributed by atoms with Crippen LogP contribution in [0.15, 0.2) is 68.6 Å². The van der Waals surface area contributed by atoms with Crippen molar-refractivity contribution < 1.29 is 4.42 Å². The number of hydrogen-bond acceptors (Lipinski definition) is 4. The maximum atomic E-state index is 5.47. The van der Waals surface area contributed by atoms with Crippen LogP contribution in [-0.4, -0.2) is 17.4 Å². The van der Waals surface area contributed by atoms with Gasteiger partial charge in [-0.1, -0.05) is 30.3 Å². The molecule has 21 heavy (non-hydrogen) atoms. The first kappa shape index (κ1) is 13.6. The van der Waals surface area contributed by atoms with Gasteiger partial charge in [0, 0.05) is 11.9 Å². The molecule has 1 aromatic carbocycles. The Kier molecular flexibility index (Phi) is 4.12. The van der Waals surface area contributed by atoms with Gasteiger partial charge in [-0.15, -0.1) is 11.3 Å². The zero-order valence-corrected chi connectivity index (χ0v) is 12.5. The van der Waals surface area contributed by atoms with Crippen molar-refractivity contribution in [3.63, 3.8) is 0 Å². The molecule has 106 valence electrons. The minimum atomic E-state index is 0.721. The summed E-state index contributed by atoms with van der Waals surface area (Å²) in [4.78, 5) is 5.33. The molecular formula is C16H15N3OS. The van der Waals surface area contributed by atoms with Gasteiger partial charge < -0.3 is 4.42 Å². The van der Waals surface area contributed by atoms with Gasteiger partial charge in [0.25, 0.3) is 0 Å². The summed E-state index contributed by atoms with van der Waals surface area (Å²) in [5.74, 6) is 0.786. The van der Waals surface area contributed by atoms with Crippen LogP contribution in [0.4, 0.5) is 0 Å². The third-order valence-electron chi connectivity index (χ3n) is 2.87. The molecular weight excluding hydrogens is 282 g/mol. The summed E-state index contributed by atoms with van der Waals surface area (Å²) < 4.78 is 7.29. The maximum absolute atomic E-state index is 5.47. The molecule has 3 rings (SSSR count). The number of benzene rings is 1. The predicted octanol–water partition coefficient (Wildman–Crippen LogP) is 3.61. The fourth-order valence-corrected chi connectivity index (χ4v) is 2.79. The second-order valence-corrected chi connectivity index (χ2v) is 5.16. The summed E-state index contributed by atoms with van der Waals surface area (Å²) in [6, 6.07) is 13.8. The highest BCUT2D eigenvalue weighted by molar-refractivity contribution is 7.07. The lowest BCUT2D eigenvalue weighted by Crippen LogP contribution is -2.12. The molecule has 2 aromatic heterocycles. The summed E-state index contributed by atoms with van der Waals surface area (Å²) >= 11 is 1.56. The number of nitrogens with zero attached hydrogens (tertiary/aromatic N) is 3. The number of aromatic nitrogens is 1. The summed E-state index contributed by atoms with van der Waals surface area (Å²) in [6.45, 7) is 2.73. The molecule has 0 aliphatic carbocycles. The van der Waals surface area contributed by atoms with Crippen LogP contribution in [0.25, 0.3) is 11.5 Å². The van der Waals surface area contributed by atoms with Crippen LogP contribution in [0.5, 0.6) is 0 Å². The predicted molar refractivity (Wildman–Crippen MR) is 85.5 cm³/mol. The van der Waals surface area contributed by atoms with Gasteiger partial charge in [0.2, 0.25) is 4.80 Å². The van der Waals surface area contributed by atoms with E-state index >= 15 is 0 Å². The van der Waals surface area contributed by atoms with Crippen LogP contribution in [0.2, 0.25) is 0 Å². The van der Waals surface area contributed by atoms with E-state index in [2.05, 4.69) is 10.1 Å². The molecule has 0 spiro atoms. The fourth-order valence-electron chi connectivity index (χ4n) is 1.91. The molecule has 0 fully saturated rings. The van der Waals surface area contributed by atoms with E-state index in [0.717, 1.165) is 28.4 Å². The Bertz CT molecular complexity index is 783. The second kappa shape index (κ2) is 6.37. The molecule has 3 aromatic rings. The minimum absolute atomic E-state index is 0.721. The van der Waals surface area contributed by atoms with E-state index in [1.165, 1.54) is 0 Å². The largest absolute Gasteiger partial charge is 0.463 e. The Balaban J connectivity index is 2.05. The lowest BCUT2D eigenvalue weighted by atomic mass is 10.2. The van der Waals surface area contributed by atoms with Gasteiger partial charge in [-0.3, -0.25) is 4.99 Å². The highest BCUT2D eigenvalue weighted by Crippen LogP contribution is 2.20. The molecule has 2 heterocycles. The third kappa shape index (κ3) is 3.03. The third-order valence-corrected chi connectivity index (χ3v) is 3.73. The van der Waals surface area contributed by atoms with Crippen LogP contribution in [-0.2, 0) is 0 Å². The average molecular weight is 297 g/mol. The maximum Gasteiger partial charge on any atom is 0.206 e. The Morgan fingerprint density at radius 3 is 2.76 bits per heavy atom. The van der Waals surface area contributed by atoms with Crippen LogP contribution in [0.3, 0.4) is 0 Å². The Labute approximate surface area is 126 Å². The molecule has 4 nitrogen and oxygen atoms in total. The highest BCUT2D eigenvalue weighted by Gasteiger charge is 2.09. The number of thiazole rings is 1. The van der Waals surface area contributed by atoms with Crippen molar-refractivity contribution in [1.82, 2.24) is 4.68 Å². The lowest BCUT2D eigenvalue weighted by Gasteiger charge is -2.00. The zero-order valence-electron chi connectivity index (χ0n) is 11.6. The van der Waals surface area contributed by atoms with E-state index in [-0.39, 0.29) is 0 Å². The van der Waals surface area contributed by atoms with Crippen molar-refractivity contribution in [2.24, 2.45) is 10.1 Å². The van der Waals surface area contributed by atoms with Crippen molar-refractivity contribution in [2.45, 2.75) is 6.92 Å². The smallest absolute Gasteiger partial charge is 0.206 e. The molecule has 0 atom stereocenters. The lowest BCUT2D eigenvalue weighted by molar-refractivity contribution is 0.575. The van der Waals surface area contributed by atoms with Gasteiger partial charge in [-0.25, -0.2) is 4.68 Å². The summed E-state index contributed by atoms with van der Waals surface area (Å²) in [7, 11) is 0. The fraction of sp³-hybridized carbons (Fsp3) is 0.125. The van der Waals surface area contributed by atoms with Crippen molar-refractivity contribution in [3.05, 3.63) is 64.5 Å². The monoisotopic (exact) mass is 297 g/mol. The van der Waals surface area contributed by atoms with E-state index in [4.69, 9.17) is 4.42 Å². The average Bonchev–Trinajstić information content (AvgIpc) is 3.16. The first-order valence-corrected chi connectivity index (χ1v) is 7.61. The van der Waals surface area contributed by atoms with Gasteiger partial charge in [0.05, 0.1) is 12.5 Å². The number of hydrogen-bond donors (Lipinski definition) is 0. The molecule has 0 N–H and O–H groups in total. The summed E-state index contributed by atoms with van der Waals surface area (Å²) in [6.07, 6.45) is 3.49. The first-order chi connectivity index (χ1) is 10.4. The minimum Gasteiger partial charge on any atom is -0.463 e. The Hall–Kier alpha value is -2.40. The number of rotatable bonds is 4. The molecule has 0 bridgehead atoms. The van der Waals surface area contributed by atoms with Gasteiger partial charge >= 0.3 is 0 Å². The highest BCUT2D eigenvalue weighted by atomic mass is 32.1. The molecule has 0 unspecified atom stereocenters. The molecule has 0 aliphatic rings. The van der Waals surface area contributed by atoms with Crippen LogP contribution in [0, 0.1) is 0 Å². The molecule has 0 amide bonds. The van der Waals surface area contributed by atoms with E-state index in [0.29, 0.717) is 0 Å². The molecule has 5 heteroatoms. The van der Waals surface area contributed by atoms with Crippen molar-refractivity contribution in [1.29, 1.82) is 0 Å². The van der Waals surface area contributed by atoms with Crippen molar-refractivity contribution >= 4 is 17.6 Å². The summed E-state index contributed by atoms with van der Waals surface area (Å²) in [5, 5.41) is 6.57. The van der Waals surface area contributed by atoms with Crippen molar-refractivity contribution in [3.8, 4) is 11.5 Å². The normalized spacial score (nSPS) is 12.3. The number of furan rings is 1.